The van der Waals surface area contributed by atoms with E-state index in [0.29, 0.717) is 11.8 Å². The Morgan fingerprint density at radius 1 is 0.905 bits per heavy atom. The molecule has 3 fully saturated rings. The summed E-state index contributed by atoms with van der Waals surface area (Å²) in [7, 11) is 0. The van der Waals surface area contributed by atoms with Crippen molar-refractivity contribution in [3.63, 3.8) is 0 Å². The van der Waals surface area contributed by atoms with Crippen molar-refractivity contribution < 1.29 is 5.11 Å². The van der Waals surface area contributed by atoms with Crippen molar-refractivity contribution in [2.24, 2.45) is 11.8 Å². The first kappa shape index (κ1) is 13.1. The van der Waals surface area contributed by atoms with Crippen molar-refractivity contribution in [2.75, 3.05) is 13.1 Å². The van der Waals surface area contributed by atoms with E-state index in [9.17, 15) is 5.11 Å². The van der Waals surface area contributed by atoms with E-state index in [1.54, 1.807) is 0 Å². The first-order valence-electron chi connectivity index (χ1n) is 7.81. The Morgan fingerprint density at radius 2 is 1.48 bits per heavy atom. The molecule has 0 amide bonds. The Labute approximate surface area is 126 Å². The van der Waals surface area contributed by atoms with Gasteiger partial charge in [0.25, 0.3) is 0 Å². The number of aliphatic hydroxyl groups is 1. The van der Waals surface area contributed by atoms with Gasteiger partial charge < -0.3 is 5.11 Å². The zero-order valence-electron chi connectivity index (χ0n) is 12.2. The molecule has 0 aromatic heterocycles. The lowest BCUT2D eigenvalue weighted by molar-refractivity contribution is -0.205. The predicted molar refractivity (Wildman–Crippen MR) is 83.7 cm³/mol. The van der Waals surface area contributed by atoms with Crippen LogP contribution in [0.15, 0.2) is 60.7 Å². The number of piperidine rings is 2. The van der Waals surface area contributed by atoms with Gasteiger partial charge in [-0.05, 0) is 17.5 Å². The summed E-state index contributed by atoms with van der Waals surface area (Å²) in [6.07, 6.45) is 1.16. The Balaban J connectivity index is 1.49. The van der Waals surface area contributed by atoms with Crippen LogP contribution in [0.5, 0.6) is 0 Å². The standard InChI is InChI=1S/C19H21NO/c21-19(16-9-5-2-6-10-16)17-11-18(19)14-20(13-17)12-15-7-3-1-4-8-15/h1-10,17-18,21H,11-14H2/t17-,18-/m0/s1. The molecular weight excluding hydrogens is 258 g/mol. The fraction of sp³-hybridized carbons (Fsp3) is 0.368. The van der Waals surface area contributed by atoms with Crippen molar-refractivity contribution in [3.05, 3.63) is 71.8 Å². The van der Waals surface area contributed by atoms with Gasteiger partial charge in [-0.2, -0.15) is 0 Å². The fourth-order valence-electron chi connectivity index (χ4n) is 4.15. The van der Waals surface area contributed by atoms with Crippen LogP contribution in [0.3, 0.4) is 0 Å². The van der Waals surface area contributed by atoms with Gasteiger partial charge >= 0.3 is 0 Å². The van der Waals surface area contributed by atoms with Gasteiger partial charge in [0.2, 0.25) is 0 Å². The summed E-state index contributed by atoms with van der Waals surface area (Å²) in [5, 5.41) is 11.1. The molecule has 5 rings (SSSR count). The minimum Gasteiger partial charge on any atom is -0.384 e. The van der Waals surface area contributed by atoms with Crippen LogP contribution < -0.4 is 0 Å². The summed E-state index contributed by atoms with van der Waals surface area (Å²) < 4.78 is 0. The molecule has 0 unspecified atom stereocenters. The summed E-state index contributed by atoms with van der Waals surface area (Å²) in [5.41, 5.74) is 1.88. The van der Waals surface area contributed by atoms with Gasteiger partial charge in [-0.15, -0.1) is 0 Å². The third-order valence-corrected chi connectivity index (χ3v) is 5.26. The monoisotopic (exact) mass is 279 g/mol. The normalized spacial score (nSPS) is 31.7. The maximum atomic E-state index is 11.1. The summed E-state index contributed by atoms with van der Waals surface area (Å²) in [5.74, 6) is 0.754. The molecule has 2 aliphatic heterocycles. The molecule has 1 aliphatic carbocycles. The van der Waals surface area contributed by atoms with Crippen LogP contribution >= 0.6 is 0 Å². The predicted octanol–water partition coefficient (Wildman–Crippen LogP) is 3.03. The van der Waals surface area contributed by atoms with Crippen LogP contribution in [0.4, 0.5) is 0 Å². The van der Waals surface area contributed by atoms with E-state index in [1.165, 1.54) is 5.56 Å². The van der Waals surface area contributed by atoms with Crippen LogP contribution in [0, 0.1) is 11.8 Å². The van der Waals surface area contributed by atoms with Gasteiger partial charge in [0, 0.05) is 31.5 Å². The molecule has 0 radical (unpaired) electrons. The number of hydrogen-bond donors (Lipinski definition) is 1. The van der Waals surface area contributed by atoms with Gasteiger partial charge in [-0.1, -0.05) is 60.7 Å². The minimum atomic E-state index is -0.589. The molecule has 2 saturated heterocycles. The van der Waals surface area contributed by atoms with Crippen LogP contribution in [0.2, 0.25) is 0 Å². The first-order chi connectivity index (χ1) is 10.3. The largest absolute Gasteiger partial charge is 0.384 e. The second-order valence-electron chi connectivity index (χ2n) is 6.50. The third kappa shape index (κ3) is 2.10. The van der Waals surface area contributed by atoms with Crippen LogP contribution in [-0.2, 0) is 12.1 Å². The molecule has 2 nitrogen and oxygen atoms in total. The van der Waals surface area contributed by atoms with E-state index in [0.717, 1.165) is 31.6 Å². The average Bonchev–Trinajstić information content (AvgIpc) is 2.56. The molecule has 1 N–H and O–H groups in total. The van der Waals surface area contributed by atoms with Crippen molar-refractivity contribution in [1.82, 2.24) is 4.90 Å². The van der Waals surface area contributed by atoms with E-state index in [4.69, 9.17) is 0 Å². The third-order valence-electron chi connectivity index (χ3n) is 5.26. The Bertz CT molecular complexity index is 598. The highest BCUT2D eigenvalue weighted by molar-refractivity contribution is 5.29. The molecule has 2 aromatic rings. The molecule has 21 heavy (non-hydrogen) atoms. The first-order valence-corrected chi connectivity index (χ1v) is 7.81. The maximum absolute atomic E-state index is 11.1. The molecule has 2 atom stereocenters. The van der Waals surface area contributed by atoms with E-state index in [2.05, 4.69) is 47.4 Å². The zero-order valence-corrected chi connectivity index (χ0v) is 12.2. The van der Waals surface area contributed by atoms with Crippen LogP contribution in [-0.4, -0.2) is 23.1 Å². The molecule has 2 bridgehead atoms. The Morgan fingerprint density at radius 3 is 2.10 bits per heavy atom. The molecule has 1 saturated carbocycles. The molecule has 2 heterocycles. The average molecular weight is 279 g/mol. The summed E-state index contributed by atoms with van der Waals surface area (Å²) in [4.78, 5) is 2.49. The molecule has 0 spiro atoms. The van der Waals surface area contributed by atoms with Crippen molar-refractivity contribution in [2.45, 2.75) is 18.6 Å². The van der Waals surface area contributed by atoms with E-state index in [1.807, 2.05) is 18.2 Å². The van der Waals surface area contributed by atoms with Crippen molar-refractivity contribution >= 4 is 0 Å². The quantitative estimate of drug-likeness (QED) is 0.933. The van der Waals surface area contributed by atoms with Crippen LogP contribution in [0.1, 0.15) is 17.5 Å². The lowest BCUT2D eigenvalue weighted by atomic mass is 9.55. The van der Waals surface area contributed by atoms with E-state index < -0.39 is 5.60 Å². The number of nitrogens with zero attached hydrogens (tertiary/aromatic N) is 1. The summed E-state index contributed by atoms with van der Waals surface area (Å²) >= 11 is 0. The lowest BCUT2D eigenvalue weighted by Gasteiger charge is -2.59. The molecule has 108 valence electrons. The van der Waals surface area contributed by atoms with Gasteiger partial charge in [0.15, 0.2) is 0 Å². The summed E-state index contributed by atoms with van der Waals surface area (Å²) in [6, 6.07) is 20.9. The van der Waals surface area contributed by atoms with Gasteiger partial charge in [0.1, 0.15) is 0 Å². The van der Waals surface area contributed by atoms with E-state index in [-0.39, 0.29) is 0 Å². The van der Waals surface area contributed by atoms with Crippen LogP contribution in [0.25, 0.3) is 0 Å². The number of benzene rings is 2. The highest BCUT2D eigenvalue weighted by Crippen LogP contribution is 2.54. The van der Waals surface area contributed by atoms with Gasteiger partial charge in [-0.3, -0.25) is 4.90 Å². The maximum Gasteiger partial charge on any atom is 0.0977 e. The number of hydrogen-bond acceptors (Lipinski definition) is 2. The Kier molecular flexibility index (Phi) is 3.09. The molecular formula is C19H21NO. The summed E-state index contributed by atoms with van der Waals surface area (Å²) in [6.45, 7) is 2.99. The zero-order chi connectivity index (χ0) is 14.3. The topological polar surface area (TPSA) is 23.5 Å². The fourth-order valence-corrected chi connectivity index (χ4v) is 4.15. The van der Waals surface area contributed by atoms with Gasteiger partial charge in [-0.25, -0.2) is 0 Å². The molecule has 2 aromatic carbocycles. The Hall–Kier alpha value is -1.64. The highest BCUT2D eigenvalue weighted by atomic mass is 16.3. The highest BCUT2D eigenvalue weighted by Gasteiger charge is 2.58. The van der Waals surface area contributed by atoms with Crippen molar-refractivity contribution in [3.8, 4) is 0 Å². The second kappa shape index (κ2) is 4.97. The lowest BCUT2D eigenvalue weighted by Crippen LogP contribution is -2.64. The van der Waals surface area contributed by atoms with Crippen molar-refractivity contribution in [1.29, 1.82) is 0 Å². The molecule has 3 aliphatic rings. The molecule has 2 heteroatoms. The smallest absolute Gasteiger partial charge is 0.0977 e. The number of rotatable bonds is 3. The SMILES string of the molecule is OC1(c2ccccc2)[C@H]2C[C@H]1CN(Cc1ccccc1)C2. The van der Waals surface area contributed by atoms with Gasteiger partial charge in [0.05, 0.1) is 5.60 Å². The second-order valence-corrected chi connectivity index (χ2v) is 6.50. The minimum absolute atomic E-state index is 0.377. The number of fused-ring (bicyclic) bond motifs is 2. The van der Waals surface area contributed by atoms with E-state index >= 15 is 0 Å².